The Balaban J connectivity index is 1.49. The summed E-state index contributed by atoms with van der Waals surface area (Å²) in [6.07, 6.45) is 10.6. The van der Waals surface area contributed by atoms with E-state index in [9.17, 15) is 4.79 Å². The summed E-state index contributed by atoms with van der Waals surface area (Å²) < 4.78 is 1.99. The van der Waals surface area contributed by atoms with Crippen LogP contribution in [0.25, 0.3) is 0 Å². The first-order valence-electron chi connectivity index (χ1n) is 8.88. The minimum atomic E-state index is -0.131. The Morgan fingerprint density at radius 3 is 2.88 bits per heavy atom. The van der Waals surface area contributed by atoms with E-state index in [1.807, 2.05) is 29.9 Å². The summed E-state index contributed by atoms with van der Waals surface area (Å²) in [5.74, 6) is 1.43. The van der Waals surface area contributed by atoms with Gasteiger partial charge in [0.2, 0.25) is 0 Å². The highest BCUT2D eigenvalue weighted by Crippen LogP contribution is 2.40. The molecule has 0 radical (unpaired) electrons. The number of anilines is 1. The normalized spacial score (nSPS) is 17.9. The van der Waals surface area contributed by atoms with Gasteiger partial charge in [-0.05, 0) is 61.6 Å². The van der Waals surface area contributed by atoms with Gasteiger partial charge in [-0.25, -0.2) is 9.78 Å². The molecular weight excluding hydrogens is 300 g/mol. The lowest BCUT2D eigenvalue weighted by atomic mass is 9.90. The summed E-state index contributed by atoms with van der Waals surface area (Å²) >= 11 is 0. The maximum absolute atomic E-state index is 12.6. The summed E-state index contributed by atoms with van der Waals surface area (Å²) in [4.78, 5) is 17.0. The van der Waals surface area contributed by atoms with Gasteiger partial charge in [0.15, 0.2) is 0 Å². The van der Waals surface area contributed by atoms with Gasteiger partial charge in [-0.3, -0.25) is 0 Å². The van der Waals surface area contributed by atoms with Crippen molar-refractivity contribution in [3.63, 3.8) is 0 Å². The largest absolute Gasteiger partial charge is 0.336 e. The van der Waals surface area contributed by atoms with Gasteiger partial charge >= 0.3 is 6.03 Å². The number of hydrogen-bond acceptors (Lipinski definition) is 2. The zero-order valence-electron chi connectivity index (χ0n) is 14.1. The van der Waals surface area contributed by atoms with Crippen LogP contribution < -0.4 is 10.6 Å². The number of nitrogens with zero attached hydrogens (tertiary/aromatic N) is 2. The van der Waals surface area contributed by atoms with Gasteiger partial charge in [-0.15, -0.1) is 0 Å². The molecule has 24 heavy (non-hydrogen) atoms. The highest BCUT2D eigenvalue weighted by Gasteiger charge is 2.35. The lowest BCUT2D eigenvalue weighted by Crippen LogP contribution is -2.35. The molecule has 0 saturated heterocycles. The zero-order valence-corrected chi connectivity index (χ0v) is 14.1. The number of hydrogen-bond donors (Lipinski definition) is 2. The standard InChI is InChI=1S/C19H24N4O/c1-23-12-11-20-18(23)17(14-9-10-14)22-19(24)21-16-8-4-6-13-5-2-3-7-15(13)16/h4,6,8,11-12,14,17H,2-3,5,7,9-10H2,1H3,(H2,21,22,24). The Hall–Kier alpha value is -2.30. The van der Waals surface area contributed by atoms with Crippen LogP contribution in [0.15, 0.2) is 30.6 Å². The van der Waals surface area contributed by atoms with E-state index in [-0.39, 0.29) is 12.1 Å². The van der Waals surface area contributed by atoms with Crippen LogP contribution in [0.1, 0.15) is 48.7 Å². The molecule has 4 rings (SSSR count). The van der Waals surface area contributed by atoms with E-state index in [1.165, 1.54) is 24.0 Å². The first-order valence-corrected chi connectivity index (χ1v) is 8.88. The molecule has 2 amide bonds. The number of fused-ring (bicyclic) bond motifs is 1. The minimum absolute atomic E-state index is 0.00969. The van der Waals surface area contributed by atoms with Gasteiger partial charge < -0.3 is 15.2 Å². The molecule has 2 aliphatic carbocycles. The molecule has 5 heteroatoms. The summed E-state index contributed by atoms with van der Waals surface area (Å²) in [7, 11) is 1.98. The Bertz CT molecular complexity index is 748. The van der Waals surface area contributed by atoms with Crippen molar-refractivity contribution >= 4 is 11.7 Å². The molecule has 1 unspecified atom stereocenters. The second-order valence-electron chi connectivity index (χ2n) is 6.96. The number of imidazole rings is 1. The van der Waals surface area contributed by atoms with Crippen LogP contribution in [0, 0.1) is 5.92 Å². The van der Waals surface area contributed by atoms with E-state index in [2.05, 4.69) is 21.7 Å². The molecule has 2 aliphatic rings. The molecule has 126 valence electrons. The first kappa shape index (κ1) is 15.2. The summed E-state index contributed by atoms with van der Waals surface area (Å²) in [5.41, 5.74) is 3.64. The second kappa shape index (κ2) is 6.30. The average molecular weight is 324 g/mol. The molecule has 1 aromatic heterocycles. The third kappa shape index (κ3) is 3.03. The van der Waals surface area contributed by atoms with Crippen LogP contribution in [-0.2, 0) is 19.9 Å². The molecule has 0 aliphatic heterocycles. The number of benzene rings is 1. The van der Waals surface area contributed by atoms with Gasteiger partial charge in [0.1, 0.15) is 5.82 Å². The average Bonchev–Trinajstić information content (AvgIpc) is 3.35. The van der Waals surface area contributed by atoms with Crippen molar-refractivity contribution in [3.05, 3.63) is 47.5 Å². The number of urea groups is 1. The summed E-state index contributed by atoms with van der Waals surface area (Å²) in [6, 6.07) is 6.09. The van der Waals surface area contributed by atoms with Crippen molar-refractivity contribution in [3.8, 4) is 0 Å². The van der Waals surface area contributed by atoms with Gasteiger partial charge in [-0.1, -0.05) is 12.1 Å². The number of rotatable bonds is 4. The van der Waals surface area contributed by atoms with Crippen LogP contribution in [0.5, 0.6) is 0 Å². The van der Waals surface area contributed by atoms with E-state index in [1.54, 1.807) is 6.20 Å². The summed E-state index contributed by atoms with van der Waals surface area (Å²) in [6.45, 7) is 0. The van der Waals surface area contributed by atoms with E-state index >= 15 is 0 Å². The van der Waals surface area contributed by atoms with Crippen molar-refractivity contribution in [1.29, 1.82) is 0 Å². The lowest BCUT2D eigenvalue weighted by Gasteiger charge is -2.22. The molecule has 1 atom stereocenters. The molecule has 2 aromatic rings. The number of carbonyl (C=O) groups excluding carboxylic acids is 1. The number of nitrogens with one attached hydrogen (secondary N) is 2. The van der Waals surface area contributed by atoms with Crippen LogP contribution in [0.4, 0.5) is 10.5 Å². The molecule has 1 heterocycles. The molecular formula is C19H24N4O. The van der Waals surface area contributed by atoms with Crippen LogP contribution in [0.3, 0.4) is 0 Å². The molecule has 2 N–H and O–H groups in total. The number of aryl methyl sites for hydroxylation is 2. The SMILES string of the molecule is Cn1ccnc1C(NC(=O)Nc1cccc2c1CCCC2)C1CC1. The van der Waals surface area contributed by atoms with Gasteiger partial charge in [0.25, 0.3) is 0 Å². The lowest BCUT2D eigenvalue weighted by molar-refractivity contribution is 0.246. The van der Waals surface area contributed by atoms with Gasteiger partial charge in [-0.2, -0.15) is 0 Å². The second-order valence-corrected chi connectivity index (χ2v) is 6.96. The third-order valence-corrected chi connectivity index (χ3v) is 5.16. The fraction of sp³-hybridized carbons (Fsp3) is 0.474. The molecule has 1 fully saturated rings. The quantitative estimate of drug-likeness (QED) is 0.903. The predicted molar refractivity (Wildman–Crippen MR) is 93.9 cm³/mol. The summed E-state index contributed by atoms with van der Waals surface area (Å²) in [5, 5.41) is 6.22. The number of aromatic nitrogens is 2. The Labute approximate surface area is 142 Å². The van der Waals surface area contributed by atoms with Gasteiger partial charge in [0, 0.05) is 25.1 Å². The molecule has 1 saturated carbocycles. The van der Waals surface area contributed by atoms with Crippen molar-refractivity contribution in [1.82, 2.24) is 14.9 Å². The highest BCUT2D eigenvalue weighted by atomic mass is 16.2. The highest BCUT2D eigenvalue weighted by molar-refractivity contribution is 5.90. The van der Waals surface area contributed by atoms with Crippen LogP contribution >= 0.6 is 0 Å². The fourth-order valence-electron chi connectivity index (χ4n) is 3.70. The molecule has 0 bridgehead atoms. The third-order valence-electron chi connectivity index (χ3n) is 5.16. The van der Waals surface area contributed by atoms with Gasteiger partial charge in [0.05, 0.1) is 6.04 Å². The predicted octanol–water partition coefficient (Wildman–Crippen LogP) is 3.57. The van der Waals surface area contributed by atoms with E-state index < -0.39 is 0 Å². The fourth-order valence-corrected chi connectivity index (χ4v) is 3.70. The van der Waals surface area contributed by atoms with Crippen molar-refractivity contribution in [2.75, 3.05) is 5.32 Å². The minimum Gasteiger partial charge on any atom is -0.336 e. The van der Waals surface area contributed by atoms with Crippen LogP contribution in [-0.4, -0.2) is 15.6 Å². The van der Waals surface area contributed by atoms with E-state index in [0.29, 0.717) is 5.92 Å². The molecule has 0 spiro atoms. The Morgan fingerprint density at radius 1 is 1.29 bits per heavy atom. The van der Waals surface area contributed by atoms with Crippen molar-refractivity contribution in [2.45, 2.75) is 44.6 Å². The number of amides is 2. The molecule has 1 aromatic carbocycles. The van der Waals surface area contributed by atoms with Crippen molar-refractivity contribution < 1.29 is 4.79 Å². The molecule has 5 nitrogen and oxygen atoms in total. The van der Waals surface area contributed by atoms with E-state index in [4.69, 9.17) is 0 Å². The Kier molecular flexibility index (Phi) is 4.00. The smallest absolute Gasteiger partial charge is 0.319 e. The van der Waals surface area contributed by atoms with Crippen molar-refractivity contribution in [2.24, 2.45) is 13.0 Å². The Morgan fingerprint density at radius 2 is 2.12 bits per heavy atom. The zero-order chi connectivity index (χ0) is 16.5. The maximum atomic E-state index is 12.6. The van der Waals surface area contributed by atoms with Crippen LogP contribution in [0.2, 0.25) is 0 Å². The number of carbonyl (C=O) groups is 1. The monoisotopic (exact) mass is 324 g/mol. The van der Waals surface area contributed by atoms with E-state index in [0.717, 1.165) is 37.2 Å². The first-order chi connectivity index (χ1) is 11.7. The maximum Gasteiger partial charge on any atom is 0.319 e. The topological polar surface area (TPSA) is 59.0 Å².